The van der Waals surface area contributed by atoms with Crippen molar-refractivity contribution < 1.29 is 0 Å². The highest BCUT2D eigenvalue weighted by Crippen LogP contribution is 2.33. The maximum Gasteiger partial charge on any atom is 0.258 e. The quantitative estimate of drug-likeness (QED) is 0.254. The van der Waals surface area contributed by atoms with Gasteiger partial charge in [-0.05, 0) is 55.2 Å². The highest BCUT2D eigenvalue weighted by Gasteiger charge is 2.22. The van der Waals surface area contributed by atoms with E-state index in [1.807, 2.05) is 49.4 Å². The fourth-order valence-corrected chi connectivity index (χ4v) is 3.84. The Labute approximate surface area is 196 Å². The number of halogens is 1. The van der Waals surface area contributed by atoms with Gasteiger partial charge < -0.3 is 10.3 Å². The van der Waals surface area contributed by atoms with Gasteiger partial charge in [0.2, 0.25) is 0 Å². The van der Waals surface area contributed by atoms with Crippen LogP contribution < -0.4 is 10.9 Å². The lowest BCUT2D eigenvalue weighted by atomic mass is 9.88. The van der Waals surface area contributed by atoms with Crippen molar-refractivity contribution in [1.82, 2.24) is 9.97 Å². The molecule has 0 amide bonds. The van der Waals surface area contributed by atoms with E-state index in [9.17, 15) is 4.79 Å². The van der Waals surface area contributed by atoms with E-state index >= 15 is 0 Å². The smallest absolute Gasteiger partial charge is 0.258 e. The third-order valence-electron chi connectivity index (χ3n) is 5.81. The topological polar surface area (TPSA) is 57.8 Å². The summed E-state index contributed by atoms with van der Waals surface area (Å²) in [5.74, 6) is 7.20. The predicted molar refractivity (Wildman–Crippen MR) is 137 cm³/mol. The van der Waals surface area contributed by atoms with E-state index in [-0.39, 0.29) is 17.0 Å². The molecule has 0 saturated carbocycles. The third kappa shape index (κ3) is 4.42. The van der Waals surface area contributed by atoms with Gasteiger partial charge in [0, 0.05) is 33.0 Å². The number of rotatable bonds is 2. The van der Waals surface area contributed by atoms with Crippen LogP contribution in [0.15, 0.2) is 57.9 Å². The summed E-state index contributed by atoms with van der Waals surface area (Å²) < 4.78 is 0.906. The van der Waals surface area contributed by atoms with Gasteiger partial charge in [-0.3, -0.25) is 4.79 Å². The van der Waals surface area contributed by atoms with E-state index in [1.54, 1.807) is 6.20 Å². The van der Waals surface area contributed by atoms with Crippen LogP contribution in [0.5, 0.6) is 0 Å². The van der Waals surface area contributed by atoms with E-state index in [4.69, 9.17) is 4.98 Å². The lowest BCUT2D eigenvalue weighted by Crippen LogP contribution is -2.31. The zero-order chi connectivity index (χ0) is 23.0. The van der Waals surface area contributed by atoms with Crippen molar-refractivity contribution in [2.45, 2.75) is 40.7 Å². The summed E-state index contributed by atoms with van der Waals surface area (Å²) in [6, 6.07) is 14.2. The van der Waals surface area contributed by atoms with Crippen molar-refractivity contribution >= 4 is 43.4 Å². The Morgan fingerprint density at radius 1 is 1.09 bits per heavy atom. The normalized spacial score (nSPS) is 12.4. The fourth-order valence-electron chi connectivity index (χ4n) is 3.48. The van der Waals surface area contributed by atoms with Crippen LogP contribution in [0.25, 0.3) is 21.7 Å². The van der Waals surface area contributed by atoms with Crippen molar-refractivity contribution in [2.75, 3.05) is 5.32 Å². The van der Waals surface area contributed by atoms with Gasteiger partial charge in [0.1, 0.15) is 5.82 Å². The lowest BCUT2D eigenvalue weighted by Gasteiger charge is -2.29. The number of pyridine rings is 2. The van der Waals surface area contributed by atoms with E-state index < -0.39 is 0 Å². The molecule has 0 aliphatic heterocycles. The number of hydrogen-bond acceptors (Lipinski definition) is 3. The van der Waals surface area contributed by atoms with Crippen molar-refractivity contribution in [1.29, 1.82) is 0 Å². The molecule has 0 radical (unpaired) electrons. The number of aryl methyl sites for hydroxylation is 1. The lowest BCUT2D eigenvalue weighted by molar-refractivity contribution is 0.359. The van der Waals surface area contributed by atoms with E-state index in [2.05, 4.69) is 65.8 Å². The first kappa shape index (κ1) is 22.1. The summed E-state index contributed by atoms with van der Waals surface area (Å²) in [5.41, 5.74) is 3.23. The van der Waals surface area contributed by atoms with Crippen LogP contribution in [0, 0.1) is 24.2 Å². The summed E-state index contributed by atoms with van der Waals surface area (Å²) in [5, 5.41) is 5.87. The van der Waals surface area contributed by atoms with Gasteiger partial charge in [-0.15, -0.1) is 0 Å². The van der Waals surface area contributed by atoms with Gasteiger partial charge in [0.25, 0.3) is 5.56 Å². The number of hydrogen-bond donors (Lipinski definition) is 2. The molecule has 2 aromatic carbocycles. The largest absolute Gasteiger partial charge is 0.367 e. The summed E-state index contributed by atoms with van der Waals surface area (Å²) in [7, 11) is 0. The molecule has 4 aromatic rings. The molecule has 32 heavy (non-hydrogen) atoms. The van der Waals surface area contributed by atoms with Crippen LogP contribution in [0.1, 0.15) is 44.4 Å². The summed E-state index contributed by atoms with van der Waals surface area (Å²) in [6.45, 7) is 10.8. The highest BCUT2D eigenvalue weighted by molar-refractivity contribution is 9.10. The molecule has 162 valence electrons. The number of aromatic amines is 1. The first-order valence-electron chi connectivity index (χ1n) is 10.6. The Balaban J connectivity index is 1.99. The third-order valence-corrected chi connectivity index (χ3v) is 6.30. The molecule has 2 aromatic heterocycles. The molecule has 4 rings (SSSR count). The molecule has 0 spiro atoms. The molecular formula is C27H26BrN3O. The van der Waals surface area contributed by atoms with Gasteiger partial charge in [0.05, 0.1) is 16.5 Å². The van der Waals surface area contributed by atoms with Crippen LogP contribution >= 0.6 is 15.9 Å². The Bertz CT molecular complexity index is 1450. The van der Waals surface area contributed by atoms with Gasteiger partial charge >= 0.3 is 0 Å². The molecule has 0 saturated heterocycles. The number of benzene rings is 2. The van der Waals surface area contributed by atoms with Crippen LogP contribution in [0.4, 0.5) is 5.82 Å². The molecule has 1 atom stereocenters. The molecule has 0 aliphatic carbocycles. The number of anilines is 1. The second kappa shape index (κ2) is 8.44. The number of aromatic nitrogens is 2. The van der Waals surface area contributed by atoms with Gasteiger partial charge in [-0.1, -0.05) is 60.7 Å². The second-order valence-electron chi connectivity index (χ2n) is 9.26. The Morgan fingerprint density at radius 2 is 1.88 bits per heavy atom. The molecule has 4 nitrogen and oxygen atoms in total. The summed E-state index contributed by atoms with van der Waals surface area (Å²) in [6.07, 6.45) is 1.65. The Morgan fingerprint density at radius 3 is 2.59 bits per heavy atom. The van der Waals surface area contributed by atoms with Crippen molar-refractivity contribution in [2.24, 2.45) is 5.41 Å². The van der Waals surface area contributed by atoms with Crippen LogP contribution in [0.3, 0.4) is 0 Å². The average molecular weight is 488 g/mol. The minimum atomic E-state index is -0.174. The summed E-state index contributed by atoms with van der Waals surface area (Å²) >= 11 is 3.56. The highest BCUT2D eigenvalue weighted by atomic mass is 79.9. The zero-order valence-electron chi connectivity index (χ0n) is 18.9. The number of nitrogens with zero attached hydrogens (tertiary/aromatic N) is 1. The zero-order valence-corrected chi connectivity index (χ0v) is 20.5. The second-order valence-corrected chi connectivity index (χ2v) is 10.2. The number of H-pyrrole nitrogens is 1. The standard InChI is InChI=1S/C27H26BrN3O/c1-16-7-6-8-18(13-16)9-10-19-15-29-26(32)23-22-14-20(28)11-12-21(22)25(31-24(19)23)30-17(2)27(3,4)5/h6-8,11-15,17H,1-5H3,(H,29,32)(H,30,31). The molecule has 1 unspecified atom stereocenters. The van der Waals surface area contributed by atoms with E-state index in [1.165, 1.54) is 0 Å². The monoisotopic (exact) mass is 487 g/mol. The fraction of sp³-hybridized carbons (Fsp3) is 0.259. The molecule has 0 bridgehead atoms. The first-order chi connectivity index (χ1) is 15.1. The van der Waals surface area contributed by atoms with Crippen LogP contribution in [-0.2, 0) is 0 Å². The molecule has 0 aliphatic rings. The van der Waals surface area contributed by atoms with Crippen molar-refractivity contribution in [3.63, 3.8) is 0 Å². The Hall–Kier alpha value is -3.10. The van der Waals surface area contributed by atoms with E-state index in [0.717, 1.165) is 32.2 Å². The minimum Gasteiger partial charge on any atom is -0.367 e. The number of fused-ring (bicyclic) bond motifs is 3. The molecule has 2 heterocycles. The minimum absolute atomic E-state index is 0.0420. The van der Waals surface area contributed by atoms with Gasteiger partial charge in [0.15, 0.2) is 0 Å². The maximum absolute atomic E-state index is 12.9. The van der Waals surface area contributed by atoms with Crippen molar-refractivity contribution in [3.05, 3.63) is 80.2 Å². The van der Waals surface area contributed by atoms with Crippen LogP contribution in [-0.4, -0.2) is 16.0 Å². The number of nitrogens with one attached hydrogen (secondary N) is 2. The molecule has 2 N–H and O–H groups in total. The average Bonchev–Trinajstić information content (AvgIpc) is 2.72. The maximum atomic E-state index is 12.9. The van der Waals surface area contributed by atoms with Crippen LogP contribution in [0.2, 0.25) is 0 Å². The summed E-state index contributed by atoms with van der Waals surface area (Å²) in [4.78, 5) is 20.7. The van der Waals surface area contributed by atoms with Gasteiger partial charge in [-0.25, -0.2) is 4.98 Å². The van der Waals surface area contributed by atoms with E-state index in [0.29, 0.717) is 16.5 Å². The first-order valence-corrected chi connectivity index (χ1v) is 11.4. The van der Waals surface area contributed by atoms with Gasteiger partial charge in [-0.2, -0.15) is 0 Å². The molecular weight excluding hydrogens is 462 g/mol. The Kier molecular flexibility index (Phi) is 5.83. The molecule has 0 fully saturated rings. The predicted octanol–water partition coefficient (Wildman–Crippen LogP) is 6.39. The van der Waals surface area contributed by atoms with Crippen molar-refractivity contribution in [3.8, 4) is 11.8 Å². The SMILES string of the molecule is Cc1cccc(C#Cc2c[nH]c(=O)c3c2nc(NC(C)C(C)(C)C)c2ccc(Br)cc23)c1. The molecule has 5 heteroatoms.